The lowest BCUT2D eigenvalue weighted by Gasteiger charge is -2.13. The molecule has 0 spiro atoms. The molecule has 0 aliphatic rings. The molecule has 0 saturated carbocycles. The zero-order chi connectivity index (χ0) is 12.0. The third kappa shape index (κ3) is 5.89. The summed E-state index contributed by atoms with van der Waals surface area (Å²) >= 11 is 5.11. The molecule has 16 heavy (non-hydrogen) atoms. The Balaban J connectivity index is 2.28. The molecule has 0 fully saturated rings. The Hall–Kier alpha value is -0.0300. The van der Waals surface area contributed by atoms with Crippen molar-refractivity contribution in [2.45, 2.75) is 30.9 Å². The molecule has 0 aromatic heterocycles. The molecular formula is C12H18BrNOS. The topological polar surface area (TPSA) is 32.3 Å². The predicted octanol–water partition coefficient (Wildman–Crippen LogP) is 2.90. The van der Waals surface area contributed by atoms with Crippen LogP contribution in [0.4, 0.5) is 0 Å². The van der Waals surface area contributed by atoms with Gasteiger partial charge in [0.2, 0.25) is 0 Å². The van der Waals surface area contributed by atoms with Gasteiger partial charge in [0.15, 0.2) is 0 Å². The molecule has 0 bridgehead atoms. The lowest BCUT2D eigenvalue weighted by atomic mass is 10.3. The quantitative estimate of drug-likeness (QED) is 0.793. The van der Waals surface area contributed by atoms with E-state index < -0.39 is 0 Å². The highest BCUT2D eigenvalue weighted by molar-refractivity contribution is 9.10. The third-order valence-corrected chi connectivity index (χ3v) is 3.63. The molecule has 0 aliphatic heterocycles. The summed E-state index contributed by atoms with van der Waals surface area (Å²) in [4.78, 5) is 1.18. The average molecular weight is 304 g/mol. The Morgan fingerprint density at radius 3 is 2.81 bits per heavy atom. The minimum Gasteiger partial charge on any atom is -0.391 e. The molecule has 1 aromatic rings. The van der Waals surface area contributed by atoms with Crippen molar-refractivity contribution >= 4 is 27.7 Å². The van der Waals surface area contributed by atoms with Crippen LogP contribution in [0.1, 0.15) is 13.8 Å². The first-order valence-corrected chi connectivity index (χ1v) is 7.15. The lowest BCUT2D eigenvalue weighted by molar-refractivity contribution is 0.192. The molecule has 4 heteroatoms. The predicted molar refractivity (Wildman–Crippen MR) is 74.0 cm³/mol. The van der Waals surface area contributed by atoms with E-state index >= 15 is 0 Å². The summed E-state index contributed by atoms with van der Waals surface area (Å²) in [6.07, 6.45) is -0.300. The Bertz CT molecular complexity index is 320. The molecular weight excluding hydrogens is 286 g/mol. The van der Waals surface area contributed by atoms with Crippen LogP contribution in [0.5, 0.6) is 0 Å². The van der Waals surface area contributed by atoms with Gasteiger partial charge in [0.05, 0.1) is 6.10 Å². The van der Waals surface area contributed by atoms with E-state index in [-0.39, 0.29) is 6.10 Å². The third-order valence-electron chi connectivity index (χ3n) is 2.00. The van der Waals surface area contributed by atoms with Gasteiger partial charge in [-0.25, -0.2) is 0 Å². The number of benzene rings is 1. The van der Waals surface area contributed by atoms with Gasteiger partial charge in [-0.05, 0) is 18.2 Å². The van der Waals surface area contributed by atoms with Crippen LogP contribution < -0.4 is 5.32 Å². The molecule has 2 N–H and O–H groups in total. The summed E-state index contributed by atoms with van der Waals surface area (Å²) < 4.78 is 1.08. The van der Waals surface area contributed by atoms with Gasteiger partial charge >= 0.3 is 0 Å². The van der Waals surface area contributed by atoms with Gasteiger partial charge in [-0.2, -0.15) is 0 Å². The van der Waals surface area contributed by atoms with Crippen molar-refractivity contribution in [1.82, 2.24) is 5.32 Å². The number of aliphatic hydroxyl groups excluding tert-OH is 1. The maximum Gasteiger partial charge on any atom is 0.0758 e. The van der Waals surface area contributed by atoms with Gasteiger partial charge in [-0.1, -0.05) is 35.8 Å². The van der Waals surface area contributed by atoms with Crippen LogP contribution in [0.3, 0.4) is 0 Å². The first-order valence-electron chi connectivity index (χ1n) is 5.37. The highest BCUT2D eigenvalue weighted by Crippen LogP contribution is 2.22. The summed E-state index contributed by atoms with van der Waals surface area (Å²) in [5.41, 5.74) is 0. The second kappa shape index (κ2) is 7.33. The number of hydrogen-bond donors (Lipinski definition) is 2. The highest BCUT2D eigenvalue weighted by Gasteiger charge is 2.05. The van der Waals surface area contributed by atoms with Crippen molar-refractivity contribution in [3.05, 3.63) is 28.7 Å². The number of aliphatic hydroxyl groups is 1. The standard InChI is InChI=1S/C12H18BrNOS/c1-9(2)14-7-11(15)8-16-12-5-3-4-10(13)6-12/h3-6,9,11,14-15H,7-8H2,1-2H3. The number of nitrogens with one attached hydrogen (secondary N) is 1. The van der Waals surface area contributed by atoms with E-state index in [1.807, 2.05) is 12.1 Å². The van der Waals surface area contributed by atoms with Crippen LogP contribution in [0.25, 0.3) is 0 Å². The largest absolute Gasteiger partial charge is 0.391 e. The van der Waals surface area contributed by atoms with Crippen molar-refractivity contribution in [2.75, 3.05) is 12.3 Å². The molecule has 0 aliphatic carbocycles. The molecule has 2 nitrogen and oxygen atoms in total. The van der Waals surface area contributed by atoms with Gasteiger partial charge in [0.25, 0.3) is 0 Å². The molecule has 1 atom stereocenters. The fraction of sp³-hybridized carbons (Fsp3) is 0.500. The Morgan fingerprint density at radius 2 is 2.19 bits per heavy atom. The van der Waals surface area contributed by atoms with Crippen LogP contribution in [0.2, 0.25) is 0 Å². The molecule has 1 rings (SSSR count). The fourth-order valence-electron chi connectivity index (χ4n) is 1.18. The second-order valence-electron chi connectivity index (χ2n) is 3.99. The van der Waals surface area contributed by atoms with E-state index in [2.05, 4.69) is 47.2 Å². The number of hydrogen-bond acceptors (Lipinski definition) is 3. The van der Waals surface area contributed by atoms with Crippen LogP contribution in [0, 0.1) is 0 Å². The van der Waals surface area contributed by atoms with Crippen molar-refractivity contribution < 1.29 is 5.11 Å². The molecule has 0 saturated heterocycles. The summed E-state index contributed by atoms with van der Waals surface area (Å²) in [6, 6.07) is 8.54. The minimum atomic E-state index is -0.300. The van der Waals surface area contributed by atoms with Crippen LogP contribution in [-0.4, -0.2) is 29.5 Å². The number of rotatable bonds is 6. The van der Waals surface area contributed by atoms with Crippen molar-refractivity contribution in [2.24, 2.45) is 0 Å². The van der Waals surface area contributed by atoms with Gasteiger partial charge in [0.1, 0.15) is 0 Å². The van der Waals surface area contributed by atoms with E-state index in [0.29, 0.717) is 12.6 Å². The maximum atomic E-state index is 9.73. The zero-order valence-electron chi connectivity index (χ0n) is 9.61. The smallest absolute Gasteiger partial charge is 0.0758 e. The van der Waals surface area contributed by atoms with Gasteiger partial charge in [0, 0.05) is 27.7 Å². The summed E-state index contributed by atoms with van der Waals surface area (Å²) in [5, 5.41) is 13.0. The first kappa shape index (κ1) is 14.0. The monoisotopic (exact) mass is 303 g/mol. The van der Waals surface area contributed by atoms with Crippen LogP contribution in [0.15, 0.2) is 33.6 Å². The van der Waals surface area contributed by atoms with Crippen LogP contribution >= 0.6 is 27.7 Å². The van der Waals surface area contributed by atoms with Gasteiger partial charge in [-0.3, -0.25) is 0 Å². The summed E-state index contributed by atoms with van der Waals surface area (Å²) in [7, 11) is 0. The average Bonchev–Trinajstić information content (AvgIpc) is 2.23. The van der Waals surface area contributed by atoms with E-state index in [1.165, 1.54) is 4.90 Å². The molecule has 1 unspecified atom stereocenters. The van der Waals surface area contributed by atoms with Crippen molar-refractivity contribution in [1.29, 1.82) is 0 Å². The molecule has 0 radical (unpaired) electrons. The second-order valence-corrected chi connectivity index (χ2v) is 5.99. The number of halogens is 1. The summed E-state index contributed by atoms with van der Waals surface area (Å²) in [6.45, 7) is 4.81. The van der Waals surface area contributed by atoms with Gasteiger partial charge in [-0.15, -0.1) is 11.8 Å². The fourth-order valence-corrected chi connectivity index (χ4v) is 2.62. The maximum absolute atomic E-state index is 9.73. The van der Waals surface area contributed by atoms with E-state index in [9.17, 15) is 5.11 Å². The molecule has 0 heterocycles. The Morgan fingerprint density at radius 1 is 1.44 bits per heavy atom. The molecule has 90 valence electrons. The van der Waals surface area contributed by atoms with Crippen LogP contribution in [-0.2, 0) is 0 Å². The van der Waals surface area contributed by atoms with E-state index in [0.717, 1.165) is 10.2 Å². The van der Waals surface area contributed by atoms with Crippen molar-refractivity contribution in [3.8, 4) is 0 Å². The minimum absolute atomic E-state index is 0.300. The number of thioether (sulfide) groups is 1. The molecule has 1 aromatic carbocycles. The highest BCUT2D eigenvalue weighted by atomic mass is 79.9. The first-order chi connectivity index (χ1) is 7.58. The van der Waals surface area contributed by atoms with E-state index in [1.54, 1.807) is 11.8 Å². The van der Waals surface area contributed by atoms with Gasteiger partial charge < -0.3 is 10.4 Å². The lowest BCUT2D eigenvalue weighted by Crippen LogP contribution is -2.33. The Kier molecular flexibility index (Phi) is 6.43. The SMILES string of the molecule is CC(C)NCC(O)CSc1cccc(Br)c1. The summed E-state index contributed by atoms with van der Waals surface area (Å²) in [5.74, 6) is 0.718. The Labute approximate surface area is 110 Å². The zero-order valence-corrected chi connectivity index (χ0v) is 12.0. The molecule has 0 amide bonds. The van der Waals surface area contributed by atoms with Crippen molar-refractivity contribution in [3.63, 3.8) is 0 Å². The van der Waals surface area contributed by atoms with E-state index in [4.69, 9.17) is 0 Å². The normalized spacial score (nSPS) is 13.1.